The number of nitrogens with zero attached hydrogens (tertiary/aromatic N) is 2. The molecule has 0 radical (unpaired) electrons. The number of allylic oxidation sites excluding steroid dienone is 2. The predicted molar refractivity (Wildman–Crippen MR) is 184 cm³/mol. The van der Waals surface area contributed by atoms with Gasteiger partial charge in [0, 0.05) is 53.6 Å². The Morgan fingerprint density at radius 1 is 0.800 bits per heavy atom. The summed E-state index contributed by atoms with van der Waals surface area (Å²) in [5, 5.41) is 8.61. The molecule has 3 N–H and O–H groups in total. The molecule has 8 nitrogen and oxygen atoms in total. The number of unbranched alkanes of at least 4 members (excludes halogenated alkanes) is 7. The van der Waals surface area contributed by atoms with E-state index in [4.69, 9.17) is 0 Å². The highest BCUT2D eigenvalue weighted by Gasteiger charge is 2.46. The first-order valence-corrected chi connectivity index (χ1v) is 18.1. The van der Waals surface area contributed by atoms with Crippen molar-refractivity contribution in [3.05, 3.63) is 12.2 Å². The standard InChI is InChI=1S/C37H67N5O3/c1-10-11-12-13-14-15-16-17-18-19-20-28-23-32(44)42(33(28)45)38-31(43)21-22-41(29-24-34(2,3)39-35(4,5)25-29)30-26-36(6,7)40-37(8,9)27-30/h18-19,28-30,39-40H,10-17,20-27H2,1-9H3,(H,38,43). The van der Waals surface area contributed by atoms with Gasteiger partial charge in [-0.05, 0) is 100 Å². The van der Waals surface area contributed by atoms with Gasteiger partial charge >= 0.3 is 0 Å². The van der Waals surface area contributed by atoms with Crippen LogP contribution < -0.4 is 16.1 Å². The summed E-state index contributed by atoms with van der Waals surface area (Å²) in [6.07, 6.45) is 19.1. The number of rotatable bonds is 16. The van der Waals surface area contributed by atoms with Crippen molar-refractivity contribution >= 4 is 17.7 Å². The molecule has 0 aromatic carbocycles. The molecule has 3 aliphatic heterocycles. The summed E-state index contributed by atoms with van der Waals surface area (Å²) in [6, 6.07) is 0.650. The molecule has 0 aliphatic carbocycles. The molecule has 0 bridgehead atoms. The summed E-state index contributed by atoms with van der Waals surface area (Å²) in [5.41, 5.74) is 2.63. The van der Waals surface area contributed by atoms with E-state index in [0.717, 1.165) is 43.5 Å². The Morgan fingerprint density at radius 2 is 1.29 bits per heavy atom. The number of carbonyl (C=O) groups excluding carboxylic acids is 3. The predicted octanol–water partition coefficient (Wildman–Crippen LogP) is 6.79. The highest BCUT2D eigenvalue weighted by molar-refractivity contribution is 6.04. The number of amides is 3. The van der Waals surface area contributed by atoms with Crippen LogP contribution in [-0.4, -0.2) is 68.4 Å². The minimum absolute atomic E-state index is 0.0169. The Bertz CT molecular complexity index is 963. The normalized spacial score (nSPS) is 25.0. The Hall–Kier alpha value is -1.77. The summed E-state index contributed by atoms with van der Waals surface area (Å²) in [5.74, 6) is -1.25. The van der Waals surface area contributed by atoms with Crippen molar-refractivity contribution in [3.63, 3.8) is 0 Å². The Balaban J connectivity index is 1.56. The number of piperidine rings is 2. The van der Waals surface area contributed by atoms with Crippen molar-refractivity contribution in [2.75, 3.05) is 6.54 Å². The highest BCUT2D eigenvalue weighted by Crippen LogP contribution is 2.38. The van der Waals surface area contributed by atoms with E-state index in [1.165, 1.54) is 38.5 Å². The lowest BCUT2D eigenvalue weighted by Crippen LogP contribution is -2.67. The molecule has 1 unspecified atom stereocenters. The highest BCUT2D eigenvalue weighted by atomic mass is 16.2. The maximum Gasteiger partial charge on any atom is 0.252 e. The van der Waals surface area contributed by atoms with Gasteiger partial charge in [0.05, 0.1) is 5.92 Å². The first kappa shape index (κ1) is 37.7. The monoisotopic (exact) mass is 630 g/mol. The van der Waals surface area contributed by atoms with Crippen molar-refractivity contribution in [1.29, 1.82) is 0 Å². The Morgan fingerprint density at radius 3 is 1.80 bits per heavy atom. The van der Waals surface area contributed by atoms with Crippen LogP contribution in [0.1, 0.15) is 159 Å². The molecule has 45 heavy (non-hydrogen) atoms. The van der Waals surface area contributed by atoms with E-state index < -0.39 is 5.92 Å². The fraction of sp³-hybridized carbons (Fsp3) is 0.865. The van der Waals surface area contributed by atoms with Gasteiger partial charge in [-0.2, -0.15) is 5.01 Å². The molecule has 3 saturated heterocycles. The maximum atomic E-state index is 13.3. The van der Waals surface area contributed by atoms with E-state index in [0.29, 0.717) is 25.0 Å². The number of hydrogen-bond acceptors (Lipinski definition) is 6. The van der Waals surface area contributed by atoms with Crippen LogP contribution in [0.2, 0.25) is 0 Å². The lowest BCUT2D eigenvalue weighted by molar-refractivity contribution is -0.148. The van der Waals surface area contributed by atoms with Crippen molar-refractivity contribution in [1.82, 2.24) is 26.0 Å². The first-order chi connectivity index (χ1) is 20.9. The molecule has 3 fully saturated rings. The largest absolute Gasteiger partial charge is 0.307 e. The fourth-order valence-electron chi connectivity index (χ4n) is 8.67. The zero-order valence-electron chi connectivity index (χ0n) is 30.3. The number of imide groups is 1. The van der Waals surface area contributed by atoms with Gasteiger partial charge in [0.25, 0.3) is 5.91 Å². The van der Waals surface area contributed by atoms with Crippen LogP contribution in [0.25, 0.3) is 0 Å². The summed E-state index contributed by atoms with van der Waals surface area (Å²) in [4.78, 5) is 41.7. The van der Waals surface area contributed by atoms with Gasteiger partial charge in [-0.3, -0.25) is 24.7 Å². The van der Waals surface area contributed by atoms with Crippen LogP contribution in [0.5, 0.6) is 0 Å². The van der Waals surface area contributed by atoms with E-state index in [1.807, 2.05) is 6.08 Å². The number of nitrogens with one attached hydrogen (secondary N) is 3. The number of hydrogen-bond donors (Lipinski definition) is 3. The molecule has 3 amide bonds. The van der Waals surface area contributed by atoms with Crippen LogP contribution >= 0.6 is 0 Å². The molecular formula is C37H67N5O3. The molecule has 0 aromatic heterocycles. The van der Waals surface area contributed by atoms with Gasteiger partial charge in [-0.15, -0.1) is 0 Å². The molecule has 8 heteroatoms. The smallest absolute Gasteiger partial charge is 0.252 e. The van der Waals surface area contributed by atoms with Crippen molar-refractivity contribution in [3.8, 4) is 0 Å². The van der Waals surface area contributed by atoms with Crippen molar-refractivity contribution < 1.29 is 14.4 Å². The van der Waals surface area contributed by atoms with Crippen molar-refractivity contribution in [2.24, 2.45) is 5.92 Å². The molecule has 3 rings (SSSR count). The lowest BCUT2D eigenvalue weighted by atomic mass is 9.75. The topological polar surface area (TPSA) is 93.8 Å². The zero-order valence-corrected chi connectivity index (χ0v) is 30.3. The third-order valence-electron chi connectivity index (χ3n) is 9.91. The summed E-state index contributed by atoms with van der Waals surface area (Å²) < 4.78 is 0. The molecule has 0 saturated carbocycles. The van der Waals surface area contributed by atoms with Gasteiger partial charge in [0.15, 0.2) is 0 Å². The Kier molecular flexibility index (Phi) is 13.3. The summed E-state index contributed by atoms with van der Waals surface area (Å²) >= 11 is 0. The van der Waals surface area contributed by atoms with Gasteiger partial charge in [0.2, 0.25) is 11.8 Å². The summed E-state index contributed by atoms with van der Waals surface area (Å²) in [7, 11) is 0. The zero-order chi connectivity index (χ0) is 33.5. The summed E-state index contributed by atoms with van der Waals surface area (Å²) in [6.45, 7) is 21.0. The lowest BCUT2D eigenvalue weighted by Gasteiger charge is -2.55. The SMILES string of the molecule is CCCCCCCCCC=CCC1CC(=O)N(NC(=O)CCN(C2CC(C)(C)NC(C)(C)C2)C2CC(C)(C)NC(C)(C)C2)C1=O. The molecule has 3 aliphatic rings. The molecule has 1 atom stereocenters. The third-order valence-corrected chi connectivity index (χ3v) is 9.91. The van der Waals surface area contributed by atoms with Crippen LogP contribution in [0, 0.1) is 5.92 Å². The molecule has 258 valence electrons. The van der Waals surface area contributed by atoms with E-state index in [2.05, 4.69) is 89.3 Å². The van der Waals surface area contributed by atoms with Gasteiger partial charge in [-0.1, -0.05) is 57.6 Å². The average molecular weight is 630 g/mol. The van der Waals surface area contributed by atoms with E-state index in [9.17, 15) is 14.4 Å². The second-order valence-corrected chi connectivity index (χ2v) is 17.0. The quantitative estimate of drug-likeness (QED) is 0.0989. The van der Waals surface area contributed by atoms with E-state index >= 15 is 0 Å². The number of hydrazine groups is 1. The second-order valence-electron chi connectivity index (χ2n) is 17.0. The van der Waals surface area contributed by atoms with Crippen molar-refractivity contribution in [2.45, 2.75) is 193 Å². The van der Waals surface area contributed by atoms with Gasteiger partial charge < -0.3 is 10.6 Å². The fourth-order valence-corrected chi connectivity index (χ4v) is 8.67. The minimum atomic E-state index is -0.391. The number of carbonyl (C=O) groups is 3. The van der Waals surface area contributed by atoms with Crippen LogP contribution in [0.4, 0.5) is 0 Å². The van der Waals surface area contributed by atoms with Crippen LogP contribution in [0.15, 0.2) is 12.2 Å². The van der Waals surface area contributed by atoms with Gasteiger partial charge in [0.1, 0.15) is 0 Å². The molecule has 0 spiro atoms. The van der Waals surface area contributed by atoms with E-state index in [1.54, 1.807) is 0 Å². The van der Waals surface area contributed by atoms with E-state index in [-0.39, 0.29) is 52.7 Å². The Labute approximate surface area is 275 Å². The molecular weight excluding hydrogens is 562 g/mol. The minimum Gasteiger partial charge on any atom is -0.307 e. The third kappa shape index (κ3) is 12.1. The molecule has 3 heterocycles. The van der Waals surface area contributed by atoms with Crippen LogP contribution in [0.3, 0.4) is 0 Å². The average Bonchev–Trinajstić information content (AvgIpc) is 3.13. The molecule has 0 aromatic rings. The van der Waals surface area contributed by atoms with Crippen LogP contribution in [-0.2, 0) is 14.4 Å². The maximum absolute atomic E-state index is 13.3. The van der Waals surface area contributed by atoms with Gasteiger partial charge in [-0.25, -0.2) is 0 Å². The second kappa shape index (κ2) is 15.9. The first-order valence-electron chi connectivity index (χ1n) is 18.1.